The summed E-state index contributed by atoms with van der Waals surface area (Å²) in [7, 11) is 0. The van der Waals surface area contributed by atoms with Crippen LogP contribution in [0.1, 0.15) is 12.5 Å². The molecule has 3 aromatic rings. The molecule has 1 aromatic heterocycles. The van der Waals surface area contributed by atoms with Gasteiger partial charge in [-0.05, 0) is 48.9 Å². The van der Waals surface area contributed by atoms with Crippen molar-refractivity contribution in [3.63, 3.8) is 0 Å². The molecule has 26 heavy (non-hydrogen) atoms. The van der Waals surface area contributed by atoms with Crippen molar-refractivity contribution in [2.45, 2.75) is 24.4 Å². The third-order valence-corrected chi connectivity index (χ3v) is 4.91. The Morgan fingerprint density at radius 2 is 1.81 bits per heavy atom. The van der Waals surface area contributed by atoms with Crippen molar-refractivity contribution in [1.29, 1.82) is 0 Å². The van der Waals surface area contributed by atoms with E-state index in [2.05, 4.69) is 15.5 Å². The van der Waals surface area contributed by atoms with E-state index in [4.69, 9.17) is 11.6 Å². The first-order valence-electron chi connectivity index (χ1n) is 7.94. The molecule has 0 spiro atoms. The van der Waals surface area contributed by atoms with E-state index < -0.39 is 0 Å². The van der Waals surface area contributed by atoms with Gasteiger partial charge < -0.3 is 5.32 Å². The molecule has 0 fully saturated rings. The Morgan fingerprint density at radius 3 is 2.46 bits per heavy atom. The molecule has 0 atom stereocenters. The second-order valence-corrected chi connectivity index (χ2v) is 6.81. The van der Waals surface area contributed by atoms with Gasteiger partial charge in [-0.3, -0.25) is 9.36 Å². The van der Waals surface area contributed by atoms with E-state index in [1.165, 1.54) is 23.9 Å². The summed E-state index contributed by atoms with van der Waals surface area (Å²) in [6.07, 6.45) is 0. The highest BCUT2D eigenvalue weighted by atomic mass is 35.5. The summed E-state index contributed by atoms with van der Waals surface area (Å²) in [5, 5.41) is 12.3. The van der Waals surface area contributed by atoms with Crippen molar-refractivity contribution in [2.75, 3.05) is 5.32 Å². The van der Waals surface area contributed by atoms with Crippen molar-refractivity contribution < 1.29 is 4.39 Å². The van der Waals surface area contributed by atoms with E-state index in [1.807, 2.05) is 6.92 Å². The van der Waals surface area contributed by atoms with Gasteiger partial charge in [0.05, 0.1) is 0 Å². The largest absolute Gasteiger partial charge is 0.334 e. The number of aromatic nitrogens is 3. The zero-order valence-corrected chi connectivity index (χ0v) is 15.5. The highest BCUT2D eigenvalue weighted by molar-refractivity contribution is 7.98. The molecule has 0 bridgehead atoms. The molecule has 1 heterocycles. The monoisotopic (exact) mass is 390 g/mol. The van der Waals surface area contributed by atoms with Crippen LogP contribution in [-0.2, 0) is 12.3 Å². The third kappa shape index (κ3) is 4.42. The average molecular weight is 391 g/mol. The van der Waals surface area contributed by atoms with E-state index in [0.717, 1.165) is 5.56 Å². The van der Waals surface area contributed by atoms with Crippen LogP contribution in [0.3, 0.4) is 0 Å². The zero-order valence-electron chi connectivity index (χ0n) is 13.9. The highest BCUT2D eigenvalue weighted by Crippen LogP contribution is 2.21. The van der Waals surface area contributed by atoms with Gasteiger partial charge in [0, 0.05) is 23.0 Å². The molecule has 0 saturated carbocycles. The molecule has 2 aromatic carbocycles. The Bertz CT molecular complexity index is 945. The number of nitrogens with one attached hydrogen (secondary N) is 1. The lowest BCUT2D eigenvalue weighted by Crippen LogP contribution is -2.26. The number of thioether (sulfide) groups is 1. The van der Waals surface area contributed by atoms with Crippen LogP contribution in [0.4, 0.5) is 15.9 Å². The van der Waals surface area contributed by atoms with Crippen LogP contribution in [0.2, 0.25) is 5.02 Å². The third-order valence-electron chi connectivity index (χ3n) is 3.62. The number of benzene rings is 2. The summed E-state index contributed by atoms with van der Waals surface area (Å²) in [4.78, 5) is 12.7. The van der Waals surface area contributed by atoms with E-state index in [-0.39, 0.29) is 17.2 Å². The summed E-state index contributed by atoms with van der Waals surface area (Å²) in [5.74, 6) is 0.445. The maximum atomic E-state index is 13.0. The standard InChI is InChI=1S/C18H16ClFN4OS/c1-2-24-17(25)16(21-15-9-5-13(19)6-10-15)22-23-18(24)26-11-12-3-7-14(20)8-4-12/h3-10H,2,11H2,1H3,(H,21,22). The van der Waals surface area contributed by atoms with Crippen molar-refractivity contribution in [2.24, 2.45) is 0 Å². The fourth-order valence-corrected chi connectivity index (χ4v) is 3.35. The van der Waals surface area contributed by atoms with Crippen molar-refractivity contribution in [3.8, 4) is 0 Å². The summed E-state index contributed by atoms with van der Waals surface area (Å²) in [6.45, 7) is 2.34. The van der Waals surface area contributed by atoms with E-state index >= 15 is 0 Å². The molecule has 0 amide bonds. The van der Waals surface area contributed by atoms with Gasteiger partial charge in [-0.2, -0.15) is 0 Å². The highest BCUT2D eigenvalue weighted by Gasteiger charge is 2.12. The fraction of sp³-hybridized carbons (Fsp3) is 0.167. The lowest BCUT2D eigenvalue weighted by atomic mass is 10.2. The van der Waals surface area contributed by atoms with Gasteiger partial charge in [-0.25, -0.2) is 4.39 Å². The summed E-state index contributed by atoms with van der Waals surface area (Å²) in [6, 6.07) is 13.2. The minimum absolute atomic E-state index is 0.153. The number of nitrogens with zero attached hydrogens (tertiary/aromatic N) is 3. The fourth-order valence-electron chi connectivity index (χ4n) is 2.27. The molecular weight excluding hydrogens is 375 g/mol. The van der Waals surface area contributed by atoms with Gasteiger partial charge >= 0.3 is 0 Å². The maximum Gasteiger partial charge on any atom is 0.297 e. The van der Waals surface area contributed by atoms with Crippen LogP contribution in [-0.4, -0.2) is 14.8 Å². The second-order valence-electron chi connectivity index (χ2n) is 5.43. The predicted molar refractivity (Wildman–Crippen MR) is 103 cm³/mol. The number of anilines is 2. The Balaban J connectivity index is 1.79. The molecule has 5 nitrogen and oxygen atoms in total. The number of rotatable bonds is 6. The first kappa shape index (κ1) is 18.4. The smallest absolute Gasteiger partial charge is 0.297 e. The molecule has 0 unspecified atom stereocenters. The summed E-state index contributed by atoms with van der Waals surface area (Å²) < 4.78 is 14.5. The van der Waals surface area contributed by atoms with Crippen molar-refractivity contribution >= 4 is 34.9 Å². The molecule has 3 rings (SSSR count). The van der Waals surface area contributed by atoms with E-state index in [1.54, 1.807) is 41.0 Å². The lowest BCUT2D eigenvalue weighted by Gasteiger charge is -2.11. The van der Waals surface area contributed by atoms with Gasteiger partial charge in [0.1, 0.15) is 5.82 Å². The van der Waals surface area contributed by atoms with Crippen LogP contribution in [0.5, 0.6) is 0 Å². The van der Waals surface area contributed by atoms with Gasteiger partial charge in [-0.15, -0.1) is 10.2 Å². The van der Waals surface area contributed by atoms with Gasteiger partial charge in [-0.1, -0.05) is 35.5 Å². The molecule has 0 radical (unpaired) electrons. The normalized spacial score (nSPS) is 10.7. The quantitative estimate of drug-likeness (QED) is 0.628. The summed E-state index contributed by atoms with van der Waals surface area (Å²) in [5.41, 5.74) is 1.39. The molecule has 0 aliphatic heterocycles. The number of halogens is 2. The van der Waals surface area contributed by atoms with Crippen molar-refractivity contribution in [3.05, 3.63) is 75.3 Å². The summed E-state index contributed by atoms with van der Waals surface area (Å²) >= 11 is 7.25. The molecule has 0 aliphatic carbocycles. The van der Waals surface area contributed by atoms with Crippen LogP contribution < -0.4 is 10.9 Å². The Labute approximate surface area is 159 Å². The second kappa shape index (κ2) is 8.33. The Hall–Kier alpha value is -2.38. The molecular formula is C18H16ClFN4OS. The number of hydrogen-bond donors (Lipinski definition) is 1. The first-order chi connectivity index (χ1) is 12.6. The topological polar surface area (TPSA) is 59.8 Å². The molecule has 0 saturated heterocycles. The van der Waals surface area contributed by atoms with Crippen molar-refractivity contribution in [1.82, 2.24) is 14.8 Å². The van der Waals surface area contributed by atoms with Gasteiger partial charge in [0.25, 0.3) is 5.56 Å². The lowest BCUT2D eigenvalue weighted by molar-refractivity contribution is 0.597. The Morgan fingerprint density at radius 1 is 1.12 bits per heavy atom. The molecule has 8 heteroatoms. The Kier molecular flexibility index (Phi) is 5.90. The molecule has 1 N–H and O–H groups in total. The first-order valence-corrected chi connectivity index (χ1v) is 9.30. The SMILES string of the molecule is CCn1c(SCc2ccc(F)cc2)nnc(Nc2ccc(Cl)cc2)c1=O. The van der Waals surface area contributed by atoms with Crippen LogP contribution in [0, 0.1) is 5.82 Å². The maximum absolute atomic E-state index is 13.0. The minimum atomic E-state index is -0.276. The van der Waals surface area contributed by atoms with Crippen LogP contribution >= 0.6 is 23.4 Å². The zero-order chi connectivity index (χ0) is 18.5. The predicted octanol–water partition coefficient (Wildman–Crippen LogP) is 4.49. The van der Waals surface area contributed by atoms with E-state index in [0.29, 0.717) is 28.2 Å². The average Bonchev–Trinajstić information content (AvgIpc) is 2.65. The van der Waals surface area contributed by atoms with Crippen LogP contribution in [0.25, 0.3) is 0 Å². The van der Waals surface area contributed by atoms with E-state index in [9.17, 15) is 9.18 Å². The number of hydrogen-bond acceptors (Lipinski definition) is 5. The molecule has 134 valence electrons. The van der Waals surface area contributed by atoms with Gasteiger partial charge in [0.15, 0.2) is 5.16 Å². The van der Waals surface area contributed by atoms with Crippen LogP contribution in [0.15, 0.2) is 58.5 Å². The van der Waals surface area contributed by atoms with Gasteiger partial charge in [0.2, 0.25) is 5.82 Å². The molecule has 0 aliphatic rings. The minimum Gasteiger partial charge on any atom is -0.334 e.